The van der Waals surface area contributed by atoms with E-state index in [1.165, 1.54) is 0 Å². The lowest BCUT2D eigenvalue weighted by molar-refractivity contribution is -0.116. The molecule has 1 N–H and O–H groups in total. The second-order valence-corrected chi connectivity index (χ2v) is 6.41. The highest BCUT2D eigenvalue weighted by Crippen LogP contribution is 2.32. The van der Waals surface area contributed by atoms with E-state index in [0.29, 0.717) is 12.0 Å². The number of benzene rings is 1. The zero-order valence-electron chi connectivity index (χ0n) is 14.4. The fourth-order valence-corrected chi connectivity index (χ4v) is 3.25. The molecule has 1 fully saturated rings. The number of hydrogen-bond donors (Lipinski definition) is 1. The lowest BCUT2D eigenvalue weighted by atomic mass is 10.1. The molecule has 1 aromatic heterocycles. The first kappa shape index (κ1) is 17.2. The molecule has 1 atom stereocenters. The molecule has 0 spiro atoms. The smallest absolute Gasteiger partial charge is 0.224 e. The zero-order valence-corrected chi connectivity index (χ0v) is 14.4. The highest BCUT2D eigenvalue weighted by molar-refractivity contribution is 5.90. The van der Waals surface area contributed by atoms with Crippen LogP contribution < -0.4 is 5.32 Å². The Hall–Kier alpha value is -2.65. The summed E-state index contributed by atoms with van der Waals surface area (Å²) in [6.07, 6.45) is 3.48. The Morgan fingerprint density at radius 3 is 2.92 bits per heavy atom. The van der Waals surface area contributed by atoms with E-state index in [2.05, 4.69) is 21.4 Å². The van der Waals surface area contributed by atoms with Crippen molar-refractivity contribution >= 4 is 11.6 Å². The summed E-state index contributed by atoms with van der Waals surface area (Å²) in [5.74, 6) is 0.924. The standard InChI is InChI=1S/C19H22N4O2/c1-14-12-18(25-22-14)17-4-2-10-23(17)11-3-5-19(24)21-16-8-6-15(13-20)7-9-16/h6-9,12,17H,2-5,10-11H2,1H3,(H,21,24). The van der Waals surface area contributed by atoms with Crippen molar-refractivity contribution in [2.45, 2.75) is 38.6 Å². The third kappa shape index (κ3) is 4.46. The largest absolute Gasteiger partial charge is 0.359 e. The maximum absolute atomic E-state index is 12.1. The number of anilines is 1. The molecule has 1 saturated heterocycles. The van der Waals surface area contributed by atoms with E-state index in [9.17, 15) is 4.79 Å². The molecule has 6 nitrogen and oxygen atoms in total. The van der Waals surface area contributed by atoms with Gasteiger partial charge in [-0.3, -0.25) is 9.69 Å². The van der Waals surface area contributed by atoms with Crippen molar-refractivity contribution in [3.8, 4) is 6.07 Å². The van der Waals surface area contributed by atoms with Gasteiger partial charge in [0.2, 0.25) is 5.91 Å². The fourth-order valence-electron chi connectivity index (χ4n) is 3.25. The highest BCUT2D eigenvalue weighted by Gasteiger charge is 2.28. The number of aromatic nitrogens is 1. The number of rotatable bonds is 6. The Bertz CT molecular complexity index is 760. The zero-order chi connectivity index (χ0) is 17.6. The number of hydrogen-bond acceptors (Lipinski definition) is 5. The van der Waals surface area contributed by atoms with Crippen LogP contribution in [0.5, 0.6) is 0 Å². The van der Waals surface area contributed by atoms with Gasteiger partial charge >= 0.3 is 0 Å². The lowest BCUT2D eigenvalue weighted by Crippen LogP contribution is -2.25. The summed E-state index contributed by atoms with van der Waals surface area (Å²) < 4.78 is 5.41. The average molecular weight is 338 g/mol. The van der Waals surface area contributed by atoms with Crippen molar-refractivity contribution in [2.24, 2.45) is 0 Å². The second kappa shape index (κ2) is 7.95. The second-order valence-electron chi connectivity index (χ2n) is 6.41. The summed E-state index contributed by atoms with van der Waals surface area (Å²) in [4.78, 5) is 14.4. The normalized spacial score (nSPS) is 17.4. The Labute approximate surface area is 147 Å². The number of carbonyl (C=O) groups excluding carboxylic acids is 1. The summed E-state index contributed by atoms with van der Waals surface area (Å²) >= 11 is 0. The first-order valence-corrected chi connectivity index (χ1v) is 8.63. The van der Waals surface area contributed by atoms with Crippen LogP contribution in [0.2, 0.25) is 0 Å². The number of nitrogens with zero attached hydrogens (tertiary/aromatic N) is 3. The Kier molecular flexibility index (Phi) is 5.46. The van der Waals surface area contributed by atoms with Crippen LogP contribution >= 0.6 is 0 Å². The number of carbonyl (C=O) groups is 1. The summed E-state index contributed by atoms with van der Waals surface area (Å²) in [6.45, 7) is 3.83. The molecule has 2 aromatic rings. The molecular weight excluding hydrogens is 316 g/mol. The SMILES string of the molecule is Cc1cc(C2CCCN2CCCC(=O)Nc2ccc(C#N)cc2)on1. The van der Waals surface area contributed by atoms with E-state index in [-0.39, 0.29) is 11.9 Å². The third-order valence-electron chi connectivity index (χ3n) is 4.49. The summed E-state index contributed by atoms with van der Waals surface area (Å²) in [5.41, 5.74) is 2.21. The van der Waals surface area contributed by atoms with Crippen molar-refractivity contribution in [1.29, 1.82) is 5.26 Å². The van der Waals surface area contributed by atoms with Crippen molar-refractivity contribution in [1.82, 2.24) is 10.1 Å². The van der Waals surface area contributed by atoms with E-state index in [1.54, 1.807) is 24.3 Å². The van der Waals surface area contributed by atoms with Gasteiger partial charge in [-0.15, -0.1) is 0 Å². The molecule has 3 rings (SSSR count). The van der Waals surface area contributed by atoms with Crippen LogP contribution in [0.1, 0.15) is 48.7 Å². The van der Waals surface area contributed by atoms with Gasteiger partial charge in [0.05, 0.1) is 23.4 Å². The van der Waals surface area contributed by atoms with Gasteiger partial charge in [-0.25, -0.2) is 0 Å². The topological polar surface area (TPSA) is 82.2 Å². The van der Waals surface area contributed by atoms with Crippen molar-refractivity contribution < 1.29 is 9.32 Å². The minimum absolute atomic E-state index is 0.00374. The van der Waals surface area contributed by atoms with E-state index in [0.717, 1.165) is 49.5 Å². The maximum Gasteiger partial charge on any atom is 0.224 e. The molecule has 6 heteroatoms. The monoisotopic (exact) mass is 338 g/mol. The van der Waals surface area contributed by atoms with Crippen LogP contribution in [-0.2, 0) is 4.79 Å². The van der Waals surface area contributed by atoms with Crippen LogP contribution in [0.25, 0.3) is 0 Å². The molecule has 2 heterocycles. The minimum Gasteiger partial charge on any atom is -0.359 e. The van der Waals surface area contributed by atoms with E-state index >= 15 is 0 Å². The molecule has 0 aliphatic carbocycles. The van der Waals surface area contributed by atoms with E-state index in [1.807, 2.05) is 13.0 Å². The van der Waals surface area contributed by atoms with Gasteiger partial charge < -0.3 is 9.84 Å². The van der Waals surface area contributed by atoms with Gasteiger partial charge in [0.1, 0.15) is 0 Å². The van der Waals surface area contributed by atoms with Crippen LogP contribution in [0, 0.1) is 18.3 Å². The van der Waals surface area contributed by atoms with Crippen molar-refractivity contribution in [3.05, 3.63) is 47.3 Å². The molecule has 1 unspecified atom stereocenters. The van der Waals surface area contributed by atoms with Gasteiger partial charge in [0.15, 0.2) is 5.76 Å². The van der Waals surface area contributed by atoms with Gasteiger partial charge in [0, 0.05) is 18.2 Å². The summed E-state index contributed by atoms with van der Waals surface area (Å²) in [5, 5.41) is 15.6. The lowest BCUT2D eigenvalue weighted by Gasteiger charge is -2.21. The first-order valence-electron chi connectivity index (χ1n) is 8.63. The number of nitrogens with one attached hydrogen (secondary N) is 1. The molecule has 1 amide bonds. The predicted octanol–water partition coefficient (Wildman–Crippen LogP) is 3.41. The third-order valence-corrected chi connectivity index (χ3v) is 4.49. The minimum atomic E-state index is -0.00374. The van der Waals surface area contributed by atoms with Gasteiger partial charge in [-0.2, -0.15) is 5.26 Å². The Balaban J connectivity index is 1.45. The molecule has 25 heavy (non-hydrogen) atoms. The molecule has 0 saturated carbocycles. The van der Waals surface area contributed by atoms with Crippen LogP contribution in [0.4, 0.5) is 5.69 Å². The maximum atomic E-state index is 12.1. The molecule has 1 aliphatic rings. The quantitative estimate of drug-likeness (QED) is 0.873. The van der Waals surface area contributed by atoms with Crippen LogP contribution in [0.3, 0.4) is 0 Å². The molecule has 0 bridgehead atoms. The van der Waals surface area contributed by atoms with E-state index < -0.39 is 0 Å². The Morgan fingerprint density at radius 2 is 2.24 bits per heavy atom. The summed E-state index contributed by atoms with van der Waals surface area (Å²) in [7, 11) is 0. The fraction of sp³-hybridized carbons (Fsp3) is 0.421. The summed E-state index contributed by atoms with van der Waals surface area (Å²) in [6, 6.07) is 11.2. The average Bonchev–Trinajstić information content (AvgIpc) is 3.24. The molecule has 130 valence electrons. The number of likely N-dealkylation sites (tertiary alicyclic amines) is 1. The van der Waals surface area contributed by atoms with Crippen LogP contribution in [-0.4, -0.2) is 29.1 Å². The van der Waals surface area contributed by atoms with Crippen molar-refractivity contribution in [2.75, 3.05) is 18.4 Å². The van der Waals surface area contributed by atoms with Crippen molar-refractivity contribution in [3.63, 3.8) is 0 Å². The molecular formula is C19H22N4O2. The molecule has 0 radical (unpaired) electrons. The van der Waals surface area contributed by atoms with Gasteiger partial charge in [0.25, 0.3) is 0 Å². The van der Waals surface area contributed by atoms with E-state index in [4.69, 9.17) is 9.78 Å². The first-order chi connectivity index (χ1) is 12.2. The van der Waals surface area contributed by atoms with Gasteiger partial charge in [-0.05, 0) is 63.5 Å². The highest BCUT2D eigenvalue weighted by atomic mass is 16.5. The molecule has 1 aliphatic heterocycles. The Morgan fingerprint density at radius 1 is 1.44 bits per heavy atom. The van der Waals surface area contributed by atoms with Gasteiger partial charge in [-0.1, -0.05) is 5.16 Å². The number of amides is 1. The van der Waals surface area contributed by atoms with Crippen LogP contribution in [0.15, 0.2) is 34.9 Å². The predicted molar refractivity (Wildman–Crippen MR) is 93.8 cm³/mol. The number of aryl methyl sites for hydroxylation is 1. The number of nitriles is 1. The molecule has 1 aromatic carbocycles.